The van der Waals surface area contributed by atoms with Crippen LogP contribution in [0.5, 0.6) is 5.75 Å². The Morgan fingerprint density at radius 3 is 2.33 bits per heavy atom. The number of hydrogen-bond donors (Lipinski definition) is 0. The number of benzene rings is 2. The van der Waals surface area contributed by atoms with Crippen molar-refractivity contribution in [3.05, 3.63) is 76.8 Å². The molecule has 2 aliphatic rings. The molecule has 12 heteroatoms. The number of amides is 2. The number of ether oxygens (including phenoxy) is 1. The van der Waals surface area contributed by atoms with Crippen LogP contribution >= 0.6 is 23.2 Å². The van der Waals surface area contributed by atoms with Gasteiger partial charge in [-0.2, -0.15) is 4.31 Å². The zero-order valence-corrected chi connectivity index (χ0v) is 24.1. The molecule has 2 fully saturated rings. The number of carbonyl (C=O) groups excluding carboxylic acids is 1. The number of sulfonamides is 1. The summed E-state index contributed by atoms with van der Waals surface area (Å²) in [6, 6.07) is 13.3. The van der Waals surface area contributed by atoms with E-state index in [-0.39, 0.29) is 24.0 Å². The highest BCUT2D eigenvalue weighted by molar-refractivity contribution is 7.88. The Bertz CT molecular complexity index is 1410. The smallest absolute Gasteiger partial charge is 0.320 e. The summed E-state index contributed by atoms with van der Waals surface area (Å²) in [7, 11) is -3.27. The van der Waals surface area contributed by atoms with Crippen LogP contribution < -0.4 is 4.74 Å². The van der Waals surface area contributed by atoms with Crippen LogP contribution in [0.1, 0.15) is 18.4 Å². The zero-order chi connectivity index (χ0) is 27.7. The Morgan fingerprint density at radius 2 is 1.72 bits per heavy atom. The third-order valence-electron chi connectivity index (χ3n) is 7.55. The van der Waals surface area contributed by atoms with E-state index in [0.717, 1.165) is 17.0 Å². The maximum Gasteiger partial charge on any atom is 0.320 e. The van der Waals surface area contributed by atoms with Gasteiger partial charge in [-0.05, 0) is 48.9 Å². The normalized spacial score (nSPS) is 21.2. The van der Waals surface area contributed by atoms with Crippen molar-refractivity contribution in [1.82, 2.24) is 23.7 Å². The number of halogens is 2. The van der Waals surface area contributed by atoms with Crippen LogP contribution in [0.2, 0.25) is 10.0 Å². The quantitative estimate of drug-likeness (QED) is 0.425. The second kappa shape index (κ2) is 11.4. The summed E-state index contributed by atoms with van der Waals surface area (Å²) in [4.78, 5) is 21.2. The van der Waals surface area contributed by atoms with Crippen molar-refractivity contribution in [2.45, 2.75) is 18.9 Å². The number of imidazole rings is 1. The number of carbonyl (C=O) groups is 1. The van der Waals surface area contributed by atoms with E-state index in [0.29, 0.717) is 49.3 Å². The molecule has 3 unspecified atom stereocenters. The van der Waals surface area contributed by atoms with Gasteiger partial charge in [0.25, 0.3) is 0 Å². The van der Waals surface area contributed by atoms with Gasteiger partial charge in [-0.1, -0.05) is 29.3 Å². The fourth-order valence-corrected chi connectivity index (χ4v) is 6.51. The largest absolute Gasteiger partial charge is 0.490 e. The highest BCUT2D eigenvalue weighted by atomic mass is 35.5. The molecule has 0 saturated carbocycles. The lowest BCUT2D eigenvalue weighted by atomic mass is 9.85. The maximum atomic E-state index is 13.5. The summed E-state index contributed by atoms with van der Waals surface area (Å²) in [6.07, 6.45) is 6.35. The molecule has 2 amide bonds. The minimum atomic E-state index is -3.27. The molecule has 0 bridgehead atoms. The summed E-state index contributed by atoms with van der Waals surface area (Å²) < 4.78 is 33.5. The second-order valence-corrected chi connectivity index (χ2v) is 12.9. The van der Waals surface area contributed by atoms with Crippen LogP contribution in [-0.2, 0) is 10.0 Å². The predicted molar refractivity (Wildman–Crippen MR) is 151 cm³/mol. The Balaban J connectivity index is 1.32. The first-order valence-corrected chi connectivity index (χ1v) is 15.4. The van der Waals surface area contributed by atoms with Crippen LogP contribution in [-0.4, -0.2) is 89.7 Å². The van der Waals surface area contributed by atoms with Crippen LogP contribution in [0.25, 0.3) is 5.69 Å². The summed E-state index contributed by atoms with van der Waals surface area (Å²) in [5, 5.41) is 0.951. The maximum absolute atomic E-state index is 13.5. The highest BCUT2D eigenvalue weighted by Crippen LogP contribution is 2.39. The molecule has 3 aromatic rings. The molecule has 9 nitrogen and oxygen atoms in total. The highest BCUT2D eigenvalue weighted by Gasteiger charge is 2.42. The lowest BCUT2D eigenvalue weighted by molar-refractivity contribution is 0.129. The first-order chi connectivity index (χ1) is 18.6. The van der Waals surface area contributed by atoms with Crippen LogP contribution in [0.15, 0.2) is 61.2 Å². The summed E-state index contributed by atoms with van der Waals surface area (Å²) >= 11 is 12.6. The van der Waals surface area contributed by atoms with Crippen LogP contribution in [0.4, 0.5) is 4.79 Å². The summed E-state index contributed by atoms with van der Waals surface area (Å²) in [6.45, 7) is 4.35. The van der Waals surface area contributed by atoms with Crippen molar-refractivity contribution in [2.24, 2.45) is 5.92 Å². The van der Waals surface area contributed by atoms with E-state index in [1.165, 1.54) is 10.6 Å². The Labute approximate surface area is 238 Å². The second-order valence-electron chi connectivity index (χ2n) is 10.1. The molecular weight excluding hydrogens is 561 g/mol. The number of aromatic nitrogens is 2. The fourth-order valence-electron chi connectivity index (χ4n) is 5.38. The molecule has 3 heterocycles. The van der Waals surface area contributed by atoms with Gasteiger partial charge in [-0.3, -0.25) is 0 Å². The molecule has 0 radical (unpaired) electrons. The molecule has 0 N–H and O–H groups in total. The van der Waals surface area contributed by atoms with Gasteiger partial charge < -0.3 is 19.1 Å². The molecule has 0 spiro atoms. The van der Waals surface area contributed by atoms with E-state index < -0.39 is 10.0 Å². The van der Waals surface area contributed by atoms with Gasteiger partial charge in [0.2, 0.25) is 10.0 Å². The monoisotopic (exact) mass is 591 g/mol. The SMILES string of the molecule is CC(Oc1ccc(-n2ccnc2)cc1)C1CN(C(=O)N2CCN(S(C)(=O)=O)CC2)CC1c1ccc(Cl)c(Cl)c1. The first-order valence-electron chi connectivity index (χ1n) is 12.8. The fraction of sp³-hybridized carbons (Fsp3) is 0.407. The molecule has 2 aliphatic heterocycles. The molecule has 2 saturated heterocycles. The van der Waals surface area contributed by atoms with Crippen molar-refractivity contribution < 1.29 is 17.9 Å². The van der Waals surface area contributed by atoms with Crippen molar-refractivity contribution in [1.29, 1.82) is 0 Å². The Morgan fingerprint density at radius 1 is 1.00 bits per heavy atom. The number of piperazine rings is 1. The van der Waals surface area contributed by atoms with E-state index in [1.807, 2.05) is 59.0 Å². The van der Waals surface area contributed by atoms with Crippen molar-refractivity contribution >= 4 is 39.3 Å². The van der Waals surface area contributed by atoms with E-state index in [9.17, 15) is 13.2 Å². The molecule has 0 aliphatic carbocycles. The lowest BCUT2D eigenvalue weighted by Crippen LogP contribution is -2.53. The van der Waals surface area contributed by atoms with E-state index in [4.69, 9.17) is 27.9 Å². The van der Waals surface area contributed by atoms with Gasteiger partial charge >= 0.3 is 6.03 Å². The van der Waals surface area contributed by atoms with Gasteiger partial charge in [0.1, 0.15) is 11.9 Å². The Hall–Kier alpha value is -2.79. The van der Waals surface area contributed by atoms with E-state index in [2.05, 4.69) is 4.98 Å². The van der Waals surface area contributed by atoms with Crippen molar-refractivity contribution in [3.8, 4) is 11.4 Å². The van der Waals surface area contributed by atoms with E-state index >= 15 is 0 Å². The molecule has 1 aromatic heterocycles. The molecule has 5 rings (SSSR count). The number of urea groups is 1. The number of nitrogens with zero attached hydrogens (tertiary/aromatic N) is 5. The van der Waals surface area contributed by atoms with Gasteiger partial charge in [0.15, 0.2) is 0 Å². The number of hydrogen-bond acceptors (Lipinski definition) is 5. The molecule has 2 aromatic carbocycles. The van der Waals surface area contributed by atoms with E-state index in [1.54, 1.807) is 23.5 Å². The van der Waals surface area contributed by atoms with Crippen LogP contribution in [0.3, 0.4) is 0 Å². The lowest BCUT2D eigenvalue weighted by Gasteiger charge is -2.35. The van der Waals surface area contributed by atoms with Crippen molar-refractivity contribution in [2.75, 3.05) is 45.5 Å². The van der Waals surface area contributed by atoms with Crippen LogP contribution in [0, 0.1) is 5.92 Å². The molecule has 3 atom stereocenters. The number of rotatable bonds is 6. The van der Waals surface area contributed by atoms with Gasteiger partial charge in [-0.15, -0.1) is 0 Å². The predicted octanol–water partition coefficient (Wildman–Crippen LogP) is 4.36. The summed E-state index contributed by atoms with van der Waals surface area (Å²) in [5.41, 5.74) is 1.98. The van der Waals surface area contributed by atoms with Crippen molar-refractivity contribution in [3.63, 3.8) is 0 Å². The van der Waals surface area contributed by atoms with Gasteiger partial charge in [0, 0.05) is 69.2 Å². The average molecular weight is 593 g/mol. The standard InChI is InChI=1S/C27H31Cl2N5O4S/c1-19(38-22-6-4-21(5-7-22)32-10-9-30-18-32)23-16-33(17-24(23)20-3-8-25(28)26(29)15-20)27(35)31-11-13-34(14-12-31)39(2,36)37/h3-10,15,18-19,23-24H,11-14,16-17H2,1-2H3. The average Bonchev–Trinajstić information content (AvgIpc) is 3.61. The minimum Gasteiger partial charge on any atom is -0.490 e. The zero-order valence-electron chi connectivity index (χ0n) is 21.8. The molecular formula is C27H31Cl2N5O4S. The Kier molecular flexibility index (Phi) is 8.09. The topological polar surface area (TPSA) is 88.0 Å². The third-order valence-corrected chi connectivity index (χ3v) is 9.59. The third kappa shape index (κ3) is 6.19. The van der Waals surface area contributed by atoms with Gasteiger partial charge in [0.05, 0.1) is 22.6 Å². The first kappa shape index (κ1) is 27.8. The molecule has 208 valence electrons. The minimum absolute atomic E-state index is 0.00294. The van der Waals surface area contributed by atoms with Gasteiger partial charge in [-0.25, -0.2) is 18.2 Å². The summed E-state index contributed by atoms with van der Waals surface area (Å²) in [5.74, 6) is 0.721. The molecule has 39 heavy (non-hydrogen) atoms. The number of likely N-dealkylation sites (tertiary alicyclic amines) is 1.